The Morgan fingerprint density at radius 1 is 0.657 bits per heavy atom. The SMILES string of the molecule is CO[C@@H]1O[C@H](COC(=O)c2ccccc2)C(OC(=O)c2ccccc2)C1OC(=O)c1ccccc1. The summed E-state index contributed by atoms with van der Waals surface area (Å²) in [5.41, 5.74) is 0.981. The lowest BCUT2D eigenvalue weighted by atomic mass is 10.1. The van der Waals surface area contributed by atoms with Gasteiger partial charge in [0.2, 0.25) is 0 Å². The fourth-order valence-electron chi connectivity index (χ4n) is 3.63. The van der Waals surface area contributed by atoms with Gasteiger partial charge < -0.3 is 23.7 Å². The van der Waals surface area contributed by atoms with E-state index in [1.807, 2.05) is 0 Å². The van der Waals surface area contributed by atoms with Gasteiger partial charge in [0, 0.05) is 7.11 Å². The van der Waals surface area contributed by atoms with Crippen LogP contribution < -0.4 is 0 Å². The van der Waals surface area contributed by atoms with E-state index in [0.29, 0.717) is 16.7 Å². The minimum Gasteiger partial charge on any atom is -0.459 e. The monoisotopic (exact) mass is 476 g/mol. The molecule has 1 fully saturated rings. The number of methoxy groups -OCH3 is 1. The highest BCUT2D eigenvalue weighted by atomic mass is 16.7. The summed E-state index contributed by atoms with van der Waals surface area (Å²) in [6.45, 7) is -0.250. The molecule has 35 heavy (non-hydrogen) atoms. The summed E-state index contributed by atoms with van der Waals surface area (Å²) in [5.74, 6) is -1.85. The molecule has 0 aromatic heterocycles. The van der Waals surface area contributed by atoms with Crippen molar-refractivity contribution < 1.29 is 38.1 Å². The lowest BCUT2D eigenvalue weighted by Gasteiger charge is -2.24. The van der Waals surface area contributed by atoms with E-state index in [1.165, 1.54) is 7.11 Å². The predicted molar refractivity (Wildman–Crippen MR) is 124 cm³/mol. The maximum absolute atomic E-state index is 12.8. The molecule has 0 radical (unpaired) electrons. The fraction of sp³-hybridized carbons (Fsp3) is 0.222. The van der Waals surface area contributed by atoms with Crippen LogP contribution >= 0.6 is 0 Å². The van der Waals surface area contributed by atoms with Crippen molar-refractivity contribution in [1.29, 1.82) is 0 Å². The Labute approximate surface area is 202 Å². The standard InChI is InChI=1S/C27H24O8/c1-31-27-23(35-26(30)20-15-9-4-10-16-20)22(34-25(29)19-13-7-3-8-14-19)21(33-27)17-32-24(28)18-11-5-2-6-12-18/h2-16,21-23,27H,17H2,1H3/t21-,22?,23?,27-/m1/s1. The number of benzene rings is 3. The number of ether oxygens (including phenoxy) is 5. The van der Waals surface area contributed by atoms with Crippen molar-refractivity contribution in [3.05, 3.63) is 108 Å². The quantitative estimate of drug-likeness (QED) is 0.359. The summed E-state index contributed by atoms with van der Waals surface area (Å²) in [4.78, 5) is 38.0. The predicted octanol–water partition coefficient (Wildman–Crippen LogP) is 3.67. The highest BCUT2D eigenvalue weighted by molar-refractivity contribution is 5.90. The largest absolute Gasteiger partial charge is 0.459 e. The summed E-state index contributed by atoms with van der Waals surface area (Å²) >= 11 is 0. The molecule has 3 aromatic rings. The van der Waals surface area contributed by atoms with Crippen LogP contribution in [-0.4, -0.2) is 56.2 Å². The first-order valence-corrected chi connectivity index (χ1v) is 11.0. The molecule has 1 aliphatic rings. The molecule has 1 aliphatic heterocycles. The summed E-state index contributed by atoms with van der Waals surface area (Å²) in [7, 11) is 1.38. The number of carbonyl (C=O) groups is 3. The van der Waals surface area contributed by atoms with Gasteiger partial charge in [0.1, 0.15) is 12.7 Å². The van der Waals surface area contributed by atoms with Crippen molar-refractivity contribution in [2.24, 2.45) is 0 Å². The molecule has 180 valence electrons. The number of esters is 3. The average molecular weight is 476 g/mol. The molecule has 8 heteroatoms. The first-order chi connectivity index (χ1) is 17.1. The maximum atomic E-state index is 12.8. The van der Waals surface area contributed by atoms with Gasteiger partial charge in [0.15, 0.2) is 18.5 Å². The first-order valence-electron chi connectivity index (χ1n) is 11.0. The molecular formula is C27H24O8. The van der Waals surface area contributed by atoms with Crippen LogP contribution in [0.2, 0.25) is 0 Å². The van der Waals surface area contributed by atoms with E-state index in [-0.39, 0.29) is 6.61 Å². The van der Waals surface area contributed by atoms with Gasteiger partial charge in [0.05, 0.1) is 16.7 Å². The molecule has 1 heterocycles. The van der Waals surface area contributed by atoms with Crippen LogP contribution in [0, 0.1) is 0 Å². The van der Waals surface area contributed by atoms with Gasteiger partial charge >= 0.3 is 17.9 Å². The Kier molecular flexibility index (Phi) is 7.87. The minimum absolute atomic E-state index is 0.250. The van der Waals surface area contributed by atoms with Crippen LogP contribution in [0.1, 0.15) is 31.1 Å². The van der Waals surface area contributed by atoms with Crippen molar-refractivity contribution >= 4 is 17.9 Å². The lowest BCUT2D eigenvalue weighted by Crippen LogP contribution is -2.42. The Bertz CT molecular complexity index is 1130. The third kappa shape index (κ3) is 5.92. The molecule has 0 saturated carbocycles. The van der Waals surface area contributed by atoms with Crippen LogP contribution in [0.15, 0.2) is 91.0 Å². The summed E-state index contributed by atoms with van der Waals surface area (Å²) < 4.78 is 28.0. The van der Waals surface area contributed by atoms with E-state index in [4.69, 9.17) is 23.7 Å². The molecule has 0 aliphatic carbocycles. The average Bonchev–Trinajstić information content (AvgIpc) is 3.24. The van der Waals surface area contributed by atoms with E-state index in [2.05, 4.69) is 0 Å². The zero-order valence-corrected chi connectivity index (χ0v) is 18.9. The van der Waals surface area contributed by atoms with Gasteiger partial charge in [0.25, 0.3) is 0 Å². The fourth-order valence-corrected chi connectivity index (χ4v) is 3.63. The van der Waals surface area contributed by atoms with Gasteiger partial charge in [-0.1, -0.05) is 54.6 Å². The molecule has 0 N–H and O–H groups in total. The van der Waals surface area contributed by atoms with Crippen LogP contribution in [0.3, 0.4) is 0 Å². The van der Waals surface area contributed by atoms with Crippen molar-refractivity contribution in [3.63, 3.8) is 0 Å². The number of carbonyl (C=O) groups excluding carboxylic acids is 3. The van der Waals surface area contributed by atoms with Crippen LogP contribution in [0.4, 0.5) is 0 Å². The Morgan fingerprint density at radius 3 is 1.54 bits per heavy atom. The van der Waals surface area contributed by atoms with E-state index >= 15 is 0 Å². The van der Waals surface area contributed by atoms with E-state index in [0.717, 1.165) is 0 Å². The molecule has 0 bridgehead atoms. The molecule has 0 spiro atoms. The Morgan fingerprint density at radius 2 is 1.09 bits per heavy atom. The van der Waals surface area contributed by atoms with Crippen molar-refractivity contribution in [2.75, 3.05) is 13.7 Å². The summed E-state index contributed by atoms with van der Waals surface area (Å²) in [6, 6.07) is 25.2. The van der Waals surface area contributed by atoms with Crippen molar-refractivity contribution in [3.8, 4) is 0 Å². The Balaban J connectivity index is 1.54. The molecule has 8 nitrogen and oxygen atoms in total. The smallest absolute Gasteiger partial charge is 0.338 e. The second-order valence-electron chi connectivity index (χ2n) is 7.72. The second kappa shape index (κ2) is 11.4. The van der Waals surface area contributed by atoms with Gasteiger partial charge in [-0.3, -0.25) is 0 Å². The number of hydrogen-bond donors (Lipinski definition) is 0. The zero-order valence-electron chi connectivity index (χ0n) is 18.9. The molecule has 0 amide bonds. The second-order valence-corrected chi connectivity index (χ2v) is 7.72. The van der Waals surface area contributed by atoms with E-state index < -0.39 is 42.5 Å². The molecule has 2 unspecified atom stereocenters. The molecule has 4 atom stereocenters. The highest BCUT2D eigenvalue weighted by Crippen LogP contribution is 2.29. The highest BCUT2D eigenvalue weighted by Gasteiger charge is 2.50. The normalized spacial score (nSPS) is 21.2. The van der Waals surface area contributed by atoms with Gasteiger partial charge in [-0.15, -0.1) is 0 Å². The Hall–Kier alpha value is -4.01. The topological polar surface area (TPSA) is 97.4 Å². The van der Waals surface area contributed by atoms with E-state index in [1.54, 1.807) is 91.0 Å². The first kappa shape index (κ1) is 24.1. The van der Waals surface area contributed by atoms with Crippen LogP contribution in [-0.2, 0) is 23.7 Å². The lowest BCUT2D eigenvalue weighted by molar-refractivity contribution is -0.155. The van der Waals surface area contributed by atoms with E-state index in [9.17, 15) is 14.4 Å². The minimum atomic E-state index is -1.10. The van der Waals surface area contributed by atoms with Gasteiger partial charge in [-0.25, -0.2) is 14.4 Å². The third-order valence-electron chi connectivity index (χ3n) is 5.39. The number of rotatable bonds is 8. The maximum Gasteiger partial charge on any atom is 0.338 e. The molecular weight excluding hydrogens is 452 g/mol. The van der Waals surface area contributed by atoms with Crippen LogP contribution in [0.5, 0.6) is 0 Å². The molecule has 1 saturated heterocycles. The third-order valence-corrected chi connectivity index (χ3v) is 5.39. The van der Waals surface area contributed by atoms with Gasteiger partial charge in [-0.2, -0.15) is 0 Å². The zero-order chi connectivity index (χ0) is 24.6. The van der Waals surface area contributed by atoms with Crippen molar-refractivity contribution in [1.82, 2.24) is 0 Å². The summed E-state index contributed by atoms with van der Waals surface area (Å²) in [5, 5.41) is 0. The number of hydrogen-bond acceptors (Lipinski definition) is 8. The molecule has 4 rings (SSSR count). The van der Waals surface area contributed by atoms with Crippen molar-refractivity contribution in [2.45, 2.75) is 24.6 Å². The molecule has 3 aromatic carbocycles. The van der Waals surface area contributed by atoms with Gasteiger partial charge in [-0.05, 0) is 36.4 Å². The summed E-state index contributed by atoms with van der Waals surface area (Å²) in [6.07, 6.45) is -4.17. The van der Waals surface area contributed by atoms with Crippen LogP contribution in [0.25, 0.3) is 0 Å².